The van der Waals surface area contributed by atoms with E-state index in [4.69, 9.17) is 0 Å². The summed E-state index contributed by atoms with van der Waals surface area (Å²) in [7, 11) is 0. The molecule has 2 unspecified atom stereocenters. The van der Waals surface area contributed by atoms with Gasteiger partial charge in [-0.25, -0.2) is 0 Å². The Labute approximate surface area is 152 Å². The number of hydrogen-bond acceptors (Lipinski definition) is 2. The molecule has 0 aromatic heterocycles. The summed E-state index contributed by atoms with van der Waals surface area (Å²) in [6.45, 7) is 7.33. The number of hydrogen-bond donors (Lipinski definition) is 3. The number of nitrogens with one attached hydrogen (secondary N) is 2. The standard InChI is InChI=1S/C21H33N3O/c1-4-22-21(23-17-9-11-18(25)12-10-17)24-20-13-19(20)16-7-5-15(6-8-16)14(2)3/h5-8,14,17-20,25H,4,9-13H2,1-3H3,(H2,22,23,24). The van der Waals surface area contributed by atoms with Gasteiger partial charge in [-0.05, 0) is 56.1 Å². The van der Waals surface area contributed by atoms with Gasteiger partial charge in [0.25, 0.3) is 0 Å². The van der Waals surface area contributed by atoms with Gasteiger partial charge in [-0.15, -0.1) is 0 Å². The molecule has 0 amide bonds. The number of aliphatic imine (C=N–C) groups is 1. The highest BCUT2D eigenvalue weighted by atomic mass is 16.3. The van der Waals surface area contributed by atoms with Crippen molar-refractivity contribution in [2.45, 2.75) is 82.9 Å². The minimum absolute atomic E-state index is 0.112. The summed E-state index contributed by atoms with van der Waals surface area (Å²) in [5.74, 6) is 2.12. The molecule has 138 valence electrons. The molecule has 2 fully saturated rings. The first-order valence-electron chi connectivity index (χ1n) is 9.92. The minimum atomic E-state index is -0.112. The maximum Gasteiger partial charge on any atom is 0.191 e. The molecule has 0 saturated heterocycles. The first-order chi connectivity index (χ1) is 12.1. The average Bonchev–Trinajstić information content (AvgIpc) is 3.36. The Morgan fingerprint density at radius 3 is 2.40 bits per heavy atom. The highest BCUT2D eigenvalue weighted by Gasteiger charge is 2.39. The van der Waals surface area contributed by atoms with E-state index in [1.54, 1.807) is 0 Å². The second kappa shape index (κ2) is 8.22. The molecular formula is C21H33N3O. The summed E-state index contributed by atoms with van der Waals surface area (Å²) in [5, 5.41) is 16.8. The molecule has 0 heterocycles. The third kappa shape index (κ3) is 4.97. The molecule has 1 aromatic rings. The lowest BCUT2D eigenvalue weighted by Gasteiger charge is -2.27. The molecule has 3 rings (SSSR count). The SMILES string of the molecule is CCN=C(NC1CCC(O)CC1)NC1CC1c1ccc(C(C)C)cc1. The van der Waals surface area contributed by atoms with E-state index in [0.29, 0.717) is 23.9 Å². The molecule has 2 saturated carbocycles. The monoisotopic (exact) mass is 343 g/mol. The molecular weight excluding hydrogens is 310 g/mol. The van der Waals surface area contributed by atoms with Crippen molar-refractivity contribution < 1.29 is 5.11 Å². The van der Waals surface area contributed by atoms with E-state index in [0.717, 1.165) is 38.2 Å². The quantitative estimate of drug-likeness (QED) is 0.566. The molecule has 25 heavy (non-hydrogen) atoms. The van der Waals surface area contributed by atoms with Crippen LogP contribution in [-0.2, 0) is 0 Å². The van der Waals surface area contributed by atoms with Crippen molar-refractivity contribution >= 4 is 5.96 Å². The Bertz CT molecular complexity index is 573. The molecule has 0 radical (unpaired) electrons. The lowest BCUT2D eigenvalue weighted by atomic mass is 9.93. The number of aliphatic hydroxyl groups is 1. The molecule has 4 heteroatoms. The molecule has 1 aromatic carbocycles. The zero-order valence-electron chi connectivity index (χ0n) is 15.8. The third-order valence-corrected chi connectivity index (χ3v) is 5.50. The first-order valence-corrected chi connectivity index (χ1v) is 9.92. The van der Waals surface area contributed by atoms with Crippen LogP contribution in [0.3, 0.4) is 0 Å². The van der Waals surface area contributed by atoms with Crippen molar-refractivity contribution in [1.29, 1.82) is 0 Å². The Kier molecular flexibility index (Phi) is 6.00. The number of rotatable bonds is 5. The Morgan fingerprint density at radius 1 is 1.12 bits per heavy atom. The van der Waals surface area contributed by atoms with Gasteiger partial charge in [0, 0.05) is 24.5 Å². The van der Waals surface area contributed by atoms with Gasteiger partial charge in [0.2, 0.25) is 0 Å². The van der Waals surface area contributed by atoms with E-state index in [1.165, 1.54) is 17.5 Å². The van der Waals surface area contributed by atoms with Crippen molar-refractivity contribution in [3.8, 4) is 0 Å². The van der Waals surface area contributed by atoms with Gasteiger partial charge in [0.1, 0.15) is 0 Å². The van der Waals surface area contributed by atoms with E-state index >= 15 is 0 Å². The molecule has 4 nitrogen and oxygen atoms in total. The zero-order chi connectivity index (χ0) is 17.8. The van der Waals surface area contributed by atoms with Crippen LogP contribution in [0, 0.1) is 0 Å². The molecule has 3 N–H and O–H groups in total. The summed E-state index contributed by atoms with van der Waals surface area (Å²) in [4.78, 5) is 4.61. The van der Waals surface area contributed by atoms with Crippen LogP contribution in [0.5, 0.6) is 0 Å². The smallest absolute Gasteiger partial charge is 0.191 e. The number of guanidine groups is 1. The Balaban J connectivity index is 1.53. The van der Waals surface area contributed by atoms with E-state index < -0.39 is 0 Å². The van der Waals surface area contributed by atoms with Crippen LogP contribution in [-0.4, -0.2) is 35.8 Å². The van der Waals surface area contributed by atoms with Crippen molar-refractivity contribution in [2.75, 3.05) is 6.54 Å². The normalized spacial score (nSPS) is 29.6. The molecule has 0 bridgehead atoms. The van der Waals surface area contributed by atoms with Gasteiger partial charge in [-0.3, -0.25) is 4.99 Å². The van der Waals surface area contributed by atoms with E-state index in [2.05, 4.69) is 60.7 Å². The fraction of sp³-hybridized carbons (Fsp3) is 0.667. The highest BCUT2D eigenvalue weighted by Crippen LogP contribution is 2.41. The van der Waals surface area contributed by atoms with E-state index in [1.807, 2.05) is 0 Å². The molecule has 2 atom stereocenters. The van der Waals surface area contributed by atoms with Gasteiger partial charge < -0.3 is 15.7 Å². The lowest BCUT2D eigenvalue weighted by Crippen LogP contribution is -2.46. The van der Waals surface area contributed by atoms with Crippen molar-refractivity contribution in [3.05, 3.63) is 35.4 Å². The van der Waals surface area contributed by atoms with Gasteiger partial charge in [-0.2, -0.15) is 0 Å². The summed E-state index contributed by atoms with van der Waals surface area (Å²) in [5.41, 5.74) is 2.84. The van der Waals surface area contributed by atoms with Crippen molar-refractivity contribution in [3.63, 3.8) is 0 Å². The van der Waals surface area contributed by atoms with E-state index in [-0.39, 0.29) is 6.10 Å². The molecule has 2 aliphatic carbocycles. The lowest BCUT2D eigenvalue weighted by molar-refractivity contribution is 0.120. The fourth-order valence-electron chi connectivity index (χ4n) is 3.73. The summed E-state index contributed by atoms with van der Waals surface area (Å²) < 4.78 is 0. The maximum absolute atomic E-state index is 9.66. The van der Waals surface area contributed by atoms with Gasteiger partial charge >= 0.3 is 0 Å². The Morgan fingerprint density at radius 2 is 1.80 bits per heavy atom. The fourth-order valence-corrected chi connectivity index (χ4v) is 3.73. The zero-order valence-corrected chi connectivity index (χ0v) is 15.8. The predicted octanol–water partition coefficient (Wildman–Crippen LogP) is 3.52. The largest absolute Gasteiger partial charge is 0.393 e. The van der Waals surface area contributed by atoms with Crippen LogP contribution in [0.2, 0.25) is 0 Å². The number of nitrogens with zero attached hydrogens (tertiary/aromatic N) is 1. The number of aliphatic hydroxyl groups excluding tert-OH is 1. The van der Waals surface area contributed by atoms with E-state index in [9.17, 15) is 5.11 Å². The Hall–Kier alpha value is -1.55. The second-order valence-corrected chi connectivity index (χ2v) is 7.89. The summed E-state index contributed by atoms with van der Waals surface area (Å²) in [6, 6.07) is 10.0. The summed E-state index contributed by atoms with van der Waals surface area (Å²) >= 11 is 0. The van der Waals surface area contributed by atoms with Gasteiger partial charge in [0.15, 0.2) is 5.96 Å². The van der Waals surface area contributed by atoms with Crippen molar-refractivity contribution in [2.24, 2.45) is 4.99 Å². The first kappa shape index (κ1) is 18.2. The van der Waals surface area contributed by atoms with Crippen LogP contribution < -0.4 is 10.6 Å². The topological polar surface area (TPSA) is 56.7 Å². The van der Waals surface area contributed by atoms with Crippen LogP contribution in [0.1, 0.15) is 75.8 Å². The molecule has 0 aliphatic heterocycles. The second-order valence-electron chi connectivity index (χ2n) is 7.89. The van der Waals surface area contributed by atoms with Crippen LogP contribution in [0.4, 0.5) is 0 Å². The number of benzene rings is 1. The summed E-state index contributed by atoms with van der Waals surface area (Å²) in [6.07, 6.45) is 4.90. The minimum Gasteiger partial charge on any atom is -0.393 e. The molecule has 0 spiro atoms. The van der Waals surface area contributed by atoms with Gasteiger partial charge in [0.05, 0.1) is 6.10 Å². The highest BCUT2D eigenvalue weighted by molar-refractivity contribution is 5.81. The predicted molar refractivity (Wildman–Crippen MR) is 104 cm³/mol. The van der Waals surface area contributed by atoms with Crippen LogP contribution in [0.15, 0.2) is 29.3 Å². The van der Waals surface area contributed by atoms with Crippen molar-refractivity contribution in [1.82, 2.24) is 10.6 Å². The van der Waals surface area contributed by atoms with Crippen LogP contribution in [0.25, 0.3) is 0 Å². The average molecular weight is 344 g/mol. The maximum atomic E-state index is 9.66. The third-order valence-electron chi connectivity index (χ3n) is 5.50. The van der Waals surface area contributed by atoms with Gasteiger partial charge in [-0.1, -0.05) is 38.1 Å². The van der Waals surface area contributed by atoms with Crippen LogP contribution >= 0.6 is 0 Å². The molecule has 2 aliphatic rings.